The van der Waals surface area contributed by atoms with Crippen LogP contribution in [0.1, 0.15) is 20.8 Å². The zero-order chi connectivity index (χ0) is 25.7. The number of aliphatic hydroxyl groups is 5. The highest BCUT2D eigenvalue weighted by molar-refractivity contribution is 5.74. The molecule has 0 aromatic rings. The zero-order valence-electron chi connectivity index (χ0n) is 18.8. The summed E-state index contributed by atoms with van der Waals surface area (Å²) < 4.78 is 22.0. The number of rotatable bonds is 9. The fourth-order valence-electron chi connectivity index (χ4n) is 3.82. The molecule has 0 unspecified atom stereocenters. The molecule has 0 aliphatic carbocycles. The minimum atomic E-state index is -1.69. The Bertz CT molecular complexity index is 724. The standard InChI is InChI=1S/C19H32N2O13/c1-6(17(28)29)31-16-12(21-8(3)25)19(33-9(4-22)13(16)26)34-15-10(5-23)32-18(30)11(14(15)27)20-7(2)24/h6,9-16,18-19,22-23,26-27,30H,4-5H2,1-3H3,(H,20,24)(H,21,25)(H,28,29)/t6-,9-,10-,11-,12-,13-,14-,15-,16-,18-,19+/m1/s1. The van der Waals surface area contributed by atoms with Crippen molar-refractivity contribution in [2.45, 2.75) is 88.2 Å². The van der Waals surface area contributed by atoms with Crippen LogP contribution in [0.15, 0.2) is 0 Å². The summed E-state index contributed by atoms with van der Waals surface area (Å²) in [6.07, 6.45) is -13.4. The summed E-state index contributed by atoms with van der Waals surface area (Å²) in [6.45, 7) is 2.00. The molecule has 196 valence electrons. The van der Waals surface area contributed by atoms with Gasteiger partial charge in [-0.2, -0.15) is 0 Å². The number of carboxylic acid groups (broad SMARTS) is 1. The first-order valence-electron chi connectivity index (χ1n) is 10.6. The number of aliphatic hydroxyl groups excluding tert-OH is 5. The summed E-state index contributed by atoms with van der Waals surface area (Å²) in [5, 5.41) is 64.7. The Labute approximate surface area is 194 Å². The Morgan fingerprint density at radius 2 is 1.44 bits per heavy atom. The van der Waals surface area contributed by atoms with Crippen molar-refractivity contribution in [2.75, 3.05) is 13.2 Å². The molecule has 0 bridgehead atoms. The summed E-state index contributed by atoms with van der Waals surface area (Å²) in [6, 6.07) is -2.69. The molecule has 0 aromatic heterocycles. The molecule has 2 heterocycles. The third-order valence-corrected chi connectivity index (χ3v) is 5.47. The van der Waals surface area contributed by atoms with Crippen LogP contribution < -0.4 is 10.6 Å². The topological polar surface area (TPSA) is 234 Å². The molecule has 15 nitrogen and oxygen atoms in total. The van der Waals surface area contributed by atoms with Crippen LogP contribution >= 0.6 is 0 Å². The normalized spacial score (nSPS) is 39.2. The minimum Gasteiger partial charge on any atom is -0.479 e. The third-order valence-electron chi connectivity index (χ3n) is 5.47. The second-order valence-corrected chi connectivity index (χ2v) is 8.09. The summed E-state index contributed by atoms with van der Waals surface area (Å²) in [4.78, 5) is 34.6. The Kier molecular flexibility index (Phi) is 10.1. The Balaban J connectivity index is 2.38. The molecule has 2 amide bonds. The van der Waals surface area contributed by atoms with E-state index in [2.05, 4.69) is 10.6 Å². The fraction of sp³-hybridized carbons (Fsp3) is 0.842. The van der Waals surface area contributed by atoms with E-state index in [4.69, 9.17) is 18.9 Å². The number of carbonyl (C=O) groups is 3. The van der Waals surface area contributed by atoms with Crippen LogP contribution in [0.3, 0.4) is 0 Å². The van der Waals surface area contributed by atoms with E-state index in [9.17, 15) is 45.0 Å². The van der Waals surface area contributed by atoms with Gasteiger partial charge in [-0.1, -0.05) is 0 Å². The van der Waals surface area contributed by atoms with Gasteiger partial charge in [0.25, 0.3) is 0 Å². The van der Waals surface area contributed by atoms with Crippen LogP contribution in [0.4, 0.5) is 0 Å². The van der Waals surface area contributed by atoms with E-state index >= 15 is 0 Å². The number of carbonyl (C=O) groups excluding carboxylic acids is 2. The second kappa shape index (κ2) is 12.1. The van der Waals surface area contributed by atoms with Gasteiger partial charge in [-0.15, -0.1) is 0 Å². The van der Waals surface area contributed by atoms with Crippen molar-refractivity contribution < 1.29 is 64.0 Å². The average Bonchev–Trinajstić information content (AvgIpc) is 2.75. The fourth-order valence-corrected chi connectivity index (χ4v) is 3.82. The van der Waals surface area contributed by atoms with Crippen LogP contribution in [0, 0.1) is 0 Å². The number of amides is 2. The van der Waals surface area contributed by atoms with Gasteiger partial charge in [0, 0.05) is 13.8 Å². The van der Waals surface area contributed by atoms with Crippen LogP contribution in [-0.2, 0) is 33.3 Å². The summed E-state index contributed by atoms with van der Waals surface area (Å²) in [5.41, 5.74) is 0. The Morgan fingerprint density at radius 3 is 1.94 bits per heavy atom. The van der Waals surface area contributed by atoms with Crippen molar-refractivity contribution in [3.8, 4) is 0 Å². The van der Waals surface area contributed by atoms with Crippen LogP contribution in [0.25, 0.3) is 0 Å². The lowest BCUT2D eigenvalue weighted by atomic mass is 9.94. The largest absolute Gasteiger partial charge is 0.479 e. The second-order valence-electron chi connectivity index (χ2n) is 8.09. The van der Waals surface area contributed by atoms with Gasteiger partial charge >= 0.3 is 5.97 Å². The number of aliphatic carboxylic acids is 1. The van der Waals surface area contributed by atoms with Crippen LogP contribution in [0.2, 0.25) is 0 Å². The van der Waals surface area contributed by atoms with Crippen molar-refractivity contribution >= 4 is 17.8 Å². The van der Waals surface area contributed by atoms with Gasteiger partial charge in [0.05, 0.1) is 13.2 Å². The van der Waals surface area contributed by atoms with Gasteiger partial charge in [0.15, 0.2) is 18.7 Å². The molecule has 15 heteroatoms. The van der Waals surface area contributed by atoms with Crippen molar-refractivity contribution in [3.05, 3.63) is 0 Å². The predicted octanol–water partition coefficient (Wildman–Crippen LogP) is -4.61. The van der Waals surface area contributed by atoms with E-state index in [-0.39, 0.29) is 0 Å². The summed E-state index contributed by atoms with van der Waals surface area (Å²) in [7, 11) is 0. The summed E-state index contributed by atoms with van der Waals surface area (Å²) >= 11 is 0. The molecule has 11 atom stereocenters. The predicted molar refractivity (Wildman–Crippen MR) is 108 cm³/mol. The van der Waals surface area contributed by atoms with Gasteiger partial charge in [-0.3, -0.25) is 9.59 Å². The number of carboxylic acids is 1. The van der Waals surface area contributed by atoms with Gasteiger partial charge in [-0.05, 0) is 6.92 Å². The number of hydrogen-bond donors (Lipinski definition) is 8. The Morgan fingerprint density at radius 1 is 0.882 bits per heavy atom. The first kappa shape index (κ1) is 28.3. The molecule has 2 aliphatic rings. The van der Waals surface area contributed by atoms with Crippen molar-refractivity contribution in [1.82, 2.24) is 10.6 Å². The lowest BCUT2D eigenvalue weighted by Crippen LogP contribution is -2.69. The van der Waals surface area contributed by atoms with Gasteiger partial charge in [0.2, 0.25) is 11.8 Å². The van der Waals surface area contributed by atoms with E-state index < -0.39 is 98.4 Å². The lowest BCUT2D eigenvalue weighted by Gasteiger charge is -2.48. The number of nitrogens with one attached hydrogen (secondary N) is 2. The van der Waals surface area contributed by atoms with Crippen molar-refractivity contribution in [2.24, 2.45) is 0 Å². The Hall–Kier alpha value is -1.95. The van der Waals surface area contributed by atoms with Gasteiger partial charge in [-0.25, -0.2) is 4.79 Å². The highest BCUT2D eigenvalue weighted by Gasteiger charge is 2.52. The van der Waals surface area contributed by atoms with Gasteiger partial charge < -0.3 is 60.2 Å². The molecule has 34 heavy (non-hydrogen) atoms. The molecular formula is C19H32N2O13. The molecule has 8 N–H and O–H groups in total. The van der Waals surface area contributed by atoms with E-state index in [1.165, 1.54) is 6.92 Å². The first-order valence-corrected chi connectivity index (χ1v) is 10.6. The van der Waals surface area contributed by atoms with E-state index in [1.54, 1.807) is 0 Å². The van der Waals surface area contributed by atoms with Crippen molar-refractivity contribution in [3.63, 3.8) is 0 Å². The molecular weight excluding hydrogens is 464 g/mol. The maximum absolute atomic E-state index is 11.9. The van der Waals surface area contributed by atoms with E-state index in [0.717, 1.165) is 13.8 Å². The SMILES string of the molecule is CC(=O)N[C@@H]1[C@@H](O)[C@H](O[C@@H]2O[C@H](CO)[C@@H](O)[C@H](O[C@H](C)C(=O)O)[C@H]2NC(C)=O)[C@@H](CO)O[C@H]1O. The smallest absolute Gasteiger partial charge is 0.332 e. The highest BCUT2D eigenvalue weighted by Crippen LogP contribution is 2.30. The molecule has 0 aromatic carbocycles. The van der Waals surface area contributed by atoms with Crippen molar-refractivity contribution in [1.29, 1.82) is 0 Å². The zero-order valence-corrected chi connectivity index (χ0v) is 18.8. The van der Waals surface area contributed by atoms with E-state index in [1.807, 2.05) is 0 Å². The first-order chi connectivity index (χ1) is 15.9. The molecule has 2 rings (SSSR count). The average molecular weight is 496 g/mol. The minimum absolute atomic E-state index is 0.600. The highest BCUT2D eigenvalue weighted by atomic mass is 16.7. The maximum atomic E-state index is 11.9. The maximum Gasteiger partial charge on any atom is 0.332 e. The molecule has 2 aliphatic heterocycles. The molecule has 0 spiro atoms. The molecule has 0 radical (unpaired) electrons. The summed E-state index contributed by atoms with van der Waals surface area (Å²) in [5.74, 6) is -2.58. The molecule has 2 saturated heterocycles. The van der Waals surface area contributed by atoms with Crippen LogP contribution in [0.5, 0.6) is 0 Å². The monoisotopic (exact) mass is 496 g/mol. The van der Waals surface area contributed by atoms with E-state index in [0.29, 0.717) is 0 Å². The molecule has 0 saturated carbocycles. The third kappa shape index (κ3) is 6.59. The number of hydrogen-bond acceptors (Lipinski definition) is 12. The lowest BCUT2D eigenvalue weighted by molar-refractivity contribution is -0.331. The molecule has 2 fully saturated rings. The number of ether oxygens (including phenoxy) is 4. The van der Waals surface area contributed by atoms with Gasteiger partial charge in [0.1, 0.15) is 48.7 Å². The quantitative estimate of drug-likeness (QED) is 0.150. The van der Waals surface area contributed by atoms with Crippen LogP contribution in [-0.4, -0.2) is 129 Å².